The number of hydrogen-bond donors (Lipinski definition) is 0. The molecule has 2 aliphatic heterocycles. The van der Waals surface area contributed by atoms with Gasteiger partial charge in [0.1, 0.15) is 0 Å². The lowest BCUT2D eigenvalue weighted by Gasteiger charge is -2.31. The Bertz CT molecular complexity index is 593. The van der Waals surface area contributed by atoms with E-state index in [-0.39, 0.29) is 17.8 Å². The van der Waals surface area contributed by atoms with E-state index in [1.165, 1.54) is 5.56 Å². The molecule has 136 valence electrons. The van der Waals surface area contributed by atoms with Crippen LogP contribution in [0.1, 0.15) is 48.5 Å². The number of hydrogen-bond acceptors (Lipinski definition) is 4. The lowest BCUT2D eigenvalue weighted by atomic mass is 9.97. The van der Waals surface area contributed by atoms with Crippen LogP contribution >= 0.6 is 0 Å². The topological polar surface area (TPSA) is 49.9 Å². The van der Waals surface area contributed by atoms with Crippen molar-refractivity contribution >= 4 is 11.9 Å². The molecule has 1 aromatic carbocycles. The Balaban J connectivity index is 1.55. The highest BCUT2D eigenvalue weighted by atomic mass is 16.5. The fraction of sp³-hybridized carbons (Fsp3) is 0.600. The fourth-order valence-electron chi connectivity index (χ4n) is 3.77. The second-order valence-corrected chi connectivity index (χ2v) is 7.02. The molecule has 0 radical (unpaired) electrons. The SMILES string of the molecule is CCOC(=O)C1CCCN(Cc2ccc(C(=O)N3CCCC3)cc2)C1. The molecule has 1 aromatic rings. The summed E-state index contributed by atoms with van der Waals surface area (Å²) in [7, 11) is 0. The van der Waals surface area contributed by atoms with Crippen molar-refractivity contribution in [1.82, 2.24) is 9.80 Å². The Morgan fingerprint density at radius 1 is 1.08 bits per heavy atom. The highest BCUT2D eigenvalue weighted by Crippen LogP contribution is 2.20. The van der Waals surface area contributed by atoms with E-state index in [1.807, 2.05) is 36.1 Å². The molecular formula is C20H28N2O3. The van der Waals surface area contributed by atoms with Gasteiger partial charge in [0.05, 0.1) is 12.5 Å². The zero-order chi connectivity index (χ0) is 17.6. The number of ether oxygens (including phenoxy) is 1. The van der Waals surface area contributed by atoms with Crippen molar-refractivity contribution in [1.29, 1.82) is 0 Å². The normalized spacial score (nSPS) is 21.3. The van der Waals surface area contributed by atoms with Crippen LogP contribution in [0.2, 0.25) is 0 Å². The van der Waals surface area contributed by atoms with Crippen LogP contribution in [0, 0.1) is 5.92 Å². The van der Waals surface area contributed by atoms with Crippen LogP contribution in [-0.2, 0) is 16.1 Å². The predicted molar refractivity (Wildman–Crippen MR) is 96.2 cm³/mol. The third kappa shape index (κ3) is 4.60. The highest BCUT2D eigenvalue weighted by Gasteiger charge is 2.26. The molecule has 0 N–H and O–H groups in total. The van der Waals surface area contributed by atoms with E-state index in [9.17, 15) is 9.59 Å². The number of carbonyl (C=O) groups is 2. The molecule has 1 atom stereocenters. The van der Waals surface area contributed by atoms with E-state index >= 15 is 0 Å². The van der Waals surface area contributed by atoms with Crippen molar-refractivity contribution in [2.24, 2.45) is 5.92 Å². The molecule has 5 nitrogen and oxygen atoms in total. The van der Waals surface area contributed by atoms with E-state index < -0.39 is 0 Å². The summed E-state index contributed by atoms with van der Waals surface area (Å²) in [4.78, 5) is 28.6. The van der Waals surface area contributed by atoms with Gasteiger partial charge in [0.2, 0.25) is 0 Å². The van der Waals surface area contributed by atoms with Crippen LogP contribution in [0.4, 0.5) is 0 Å². The zero-order valence-electron chi connectivity index (χ0n) is 15.1. The molecule has 2 saturated heterocycles. The number of amides is 1. The quantitative estimate of drug-likeness (QED) is 0.771. The molecule has 25 heavy (non-hydrogen) atoms. The summed E-state index contributed by atoms with van der Waals surface area (Å²) in [6.45, 7) is 6.63. The van der Waals surface area contributed by atoms with Crippen molar-refractivity contribution in [3.8, 4) is 0 Å². The van der Waals surface area contributed by atoms with Gasteiger partial charge in [-0.15, -0.1) is 0 Å². The predicted octanol–water partition coefficient (Wildman–Crippen LogP) is 2.70. The maximum Gasteiger partial charge on any atom is 0.310 e. The molecular weight excluding hydrogens is 316 g/mol. The van der Waals surface area contributed by atoms with Gasteiger partial charge in [-0.2, -0.15) is 0 Å². The van der Waals surface area contributed by atoms with Gasteiger partial charge in [-0.3, -0.25) is 14.5 Å². The van der Waals surface area contributed by atoms with Crippen LogP contribution < -0.4 is 0 Å². The van der Waals surface area contributed by atoms with Crippen molar-refractivity contribution in [2.45, 2.75) is 39.2 Å². The Labute approximate surface area is 149 Å². The summed E-state index contributed by atoms with van der Waals surface area (Å²) in [6, 6.07) is 7.94. The van der Waals surface area contributed by atoms with E-state index in [1.54, 1.807) is 0 Å². The van der Waals surface area contributed by atoms with E-state index in [4.69, 9.17) is 4.74 Å². The van der Waals surface area contributed by atoms with Crippen LogP contribution in [0.5, 0.6) is 0 Å². The molecule has 5 heteroatoms. The summed E-state index contributed by atoms with van der Waals surface area (Å²) in [5.41, 5.74) is 1.95. The van der Waals surface area contributed by atoms with Crippen LogP contribution in [0.15, 0.2) is 24.3 Å². The average molecular weight is 344 g/mol. The van der Waals surface area contributed by atoms with Gasteiger partial charge >= 0.3 is 5.97 Å². The Kier molecular flexibility index (Phi) is 6.08. The Hall–Kier alpha value is -1.88. The van der Waals surface area contributed by atoms with Crippen LogP contribution in [0.3, 0.4) is 0 Å². The summed E-state index contributed by atoms with van der Waals surface area (Å²) in [5.74, 6) is 0.0628. The molecule has 1 amide bonds. The molecule has 0 saturated carbocycles. The lowest BCUT2D eigenvalue weighted by Crippen LogP contribution is -2.38. The number of nitrogens with zero attached hydrogens (tertiary/aromatic N) is 2. The maximum atomic E-state index is 12.4. The molecule has 1 unspecified atom stereocenters. The minimum atomic E-state index is -0.0706. The molecule has 2 heterocycles. The van der Waals surface area contributed by atoms with Crippen LogP contribution in [0.25, 0.3) is 0 Å². The number of carbonyl (C=O) groups excluding carboxylic acids is 2. The molecule has 2 aliphatic rings. The summed E-state index contributed by atoms with van der Waals surface area (Å²) >= 11 is 0. The van der Waals surface area contributed by atoms with Gasteiger partial charge in [-0.05, 0) is 56.8 Å². The monoisotopic (exact) mass is 344 g/mol. The van der Waals surface area contributed by atoms with Crippen molar-refractivity contribution in [2.75, 3.05) is 32.8 Å². The van der Waals surface area contributed by atoms with Crippen molar-refractivity contribution < 1.29 is 14.3 Å². The second-order valence-electron chi connectivity index (χ2n) is 7.02. The van der Waals surface area contributed by atoms with Gasteiger partial charge in [-0.25, -0.2) is 0 Å². The number of rotatable bonds is 5. The van der Waals surface area contributed by atoms with Crippen molar-refractivity contribution in [3.63, 3.8) is 0 Å². The van der Waals surface area contributed by atoms with Gasteiger partial charge in [-0.1, -0.05) is 12.1 Å². The van der Waals surface area contributed by atoms with Gasteiger partial charge in [0.25, 0.3) is 5.91 Å². The third-order valence-electron chi connectivity index (χ3n) is 5.13. The summed E-state index contributed by atoms with van der Waals surface area (Å²) in [6.07, 6.45) is 4.16. The third-order valence-corrected chi connectivity index (χ3v) is 5.13. The number of likely N-dealkylation sites (tertiary alicyclic amines) is 2. The number of piperidine rings is 1. The lowest BCUT2D eigenvalue weighted by molar-refractivity contribution is -0.150. The molecule has 0 spiro atoms. The van der Waals surface area contributed by atoms with Gasteiger partial charge < -0.3 is 9.64 Å². The molecule has 0 bridgehead atoms. The second kappa shape index (κ2) is 8.48. The Morgan fingerprint density at radius 3 is 2.48 bits per heavy atom. The highest BCUT2D eigenvalue weighted by molar-refractivity contribution is 5.94. The molecule has 3 rings (SSSR count). The smallest absolute Gasteiger partial charge is 0.310 e. The van der Waals surface area contributed by atoms with Gasteiger partial charge in [0, 0.05) is 31.7 Å². The van der Waals surface area contributed by atoms with Crippen LogP contribution in [-0.4, -0.2) is 54.5 Å². The van der Waals surface area contributed by atoms with E-state index in [2.05, 4.69) is 4.90 Å². The fourth-order valence-corrected chi connectivity index (χ4v) is 3.77. The first-order chi connectivity index (χ1) is 12.2. The van der Waals surface area contributed by atoms with E-state index in [0.29, 0.717) is 6.61 Å². The number of benzene rings is 1. The Morgan fingerprint density at radius 2 is 1.80 bits per heavy atom. The first kappa shape index (κ1) is 17.9. The minimum absolute atomic E-state index is 0.00952. The molecule has 0 aromatic heterocycles. The summed E-state index contributed by atoms with van der Waals surface area (Å²) in [5, 5.41) is 0. The largest absolute Gasteiger partial charge is 0.466 e. The molecule has 2 fully saturated rings. The summed E-state index contributed by atoms with van der Waals surface area (Å²) < 4.78 is 5.16. The first-order valence-electron chi connectivity index (χ1n) is 9.44. The van der Waals surface area contributed by atoms with Gasteiger partial charge in [0.15, 0.2) is 0 Å². The maximum absolute atomic E-state index is 12.4. The molecule has 0 aliphatic carbocycles. The first-order valence-corrected chi connectivity index (χ1v) is 9.44. The zero-order valence-corrected chi connectivity index (χ0v) is 15.1. The average Bonchev–Trinajstić information content (AvgIpc) is 3.17. The van der Waals surface area contributed by atoms with Crippen molar-refractivity contribution in [3.05, 3.63) is 35.4 Å². The minimum Gasteiger partial charge on any atom is -0.466 e. The number of esters is 1. The standard InChI is InChI=1S/C20H28N2O3/c1-2-25-20(24)18-6-5-11-21(15-18)14-16-7-9-17(10-8-16)19(23)22-12-3-4-13-22/h7-10,18H,2-6,11-15H2,1H3. The van der Waals surface area contributed by atoms with E-state index in [0.717, 1.165) is 64.0 Å².